The summed E-state index contributed by atoms with van der Waals surface area (Å²) in [4.78, 5) is 10.6. The molecule has 1 aromatic rings. The average Bonchev–Trinajstić information content (AvgIpc) is 2.40. The van der Waals surface area contributed by atoms with Crippen LogP contribution in [0.1, 0.15) is 76.5 Å². The topological polar surface area (TPSA) is 37.3 Å². The van der Waals surface area contributed by atoms with Crippen molar-refractivity contribution in [2.45, 2.75) is 77.0 Å². The molecular formula is C19H28O2. The van der Waals surface area contributed by atoms with E-state index in [0.29, 0.717) is 0 Å². The number of hydrogen-bond acceptors (Lipinski definition) is 1. The summed E-state index contributed by atoms with van der Waals surface area (Å²) in [6.07, 6.45) is 5.46. The molecule has 0 atom stereocenters. The molecule has 0 fully saturated rings. The monoisotopic (exact) mass is 288 g/mol. The summed E-state index contributed by atoms with van der Waals surface area (Å²) in [5, 5.41) is 8.69. The van der Waals surface area contributed by atoms with Crippen molar-refractivity contribution in [2.24, 2.45) is 0 Å². The highest BCUT2D eigenvalue weighted by atomic mass is 16.4. The number of aliphatic carboxylic acids is 1. The minimum absolute atomic E-state index is 0.252. The number of unbranched alkanes of at least 4 members (excludes halogenated alkanes) is 1. The number of aryl methyl sites for hydroxylation is 1. The molecule has 1 aliphatic carbocycles. The fourth-order valence-electron chi connectivity index (χ4n) is 3.40. The van der Waals surface area contributed by atoms with E-state index < -0.39 is 5.97 Å². The minimum atomic E-state index is -0.691. The van der Waals surface area contributed by atoms with Crippen LogP contribution in [0.2, 0.25) is 0 Å². The molecule has 116 valence electrons. The highest BCUT2D eigenvalue weighted by Gasteiger charge is 2.36. The van der Waals surface area contributed by atoms with Crippen LogP contribution in [-0.2, 0) is 22.0 Å². The molecule has 2 heteroatoms. The highest BCUT2D eigenvalue weighted by Crippen LogP contribution is 2.45. The van der Waals surface area contributed by atoms with Gasteiger partial charge < -0.3 is 5.11 Å². The van der Waals surface area contributed by atoms with E-state index in [1.54, 1.807) is 0 Å². The summed E-state index contributed by atoms with van der Waals surface area (Å²) < 4.78 is 0. The maximum Gasteiger partial charge on any atom is 0.303 e. The standard InChI is InChI=1S/C19H28O2/c1-18(2)11-12-19(3,4)16-13-14(9-10-15(16)18)7-5-6-8-17(20)21/h9-10,13H,5-8,11-12H2,1-4H3,(H,20,21). The van der Waals surface area contributed by atoms with Crippen molar-refractivity contribution in [3.8, 4) is 0 Å². The van der Waals surface area contributed by atoms with Gasteiger partial charge in [-0.05, 0) is 59.6 Å². The van der Waals surface area contributed by atoms with Gasteiger partial charge in [0.15, 0.2) is 0 Å². The van der Waals surface area contributed by atoms with E-state index in [9.17, 15) is 4.79 Å². The summed E-state index contributed by atoms with van der Waals surface area (Å²) in [5.41, 5.74) is 4.86. The van der Waals surface area contributed by atoms with Gasteiger partial charge in [-0.25, -0.2) is 0 Å². The largest absolute Gasteiger partial charge is 0.481 e. The zero-order valence-electron chi connectivity index (χ0n) is 13.8. The van der Waals surface area contributed by atoms with Crippen LogP contribution in [0.3, 0.4) is 0 Å². The first kappa shape index (κ1) is 16.1. The second-order valence-corrected chi connectivity index (χ2v) is 7.75. The van der Waals surface area contributed by atoms with Gasteiger partial charge in [-0.1, -0.05) is 45.9 Å². The zero-order chi connectivity index (χ0) is 15.7. The second kappa shape index (κ2) is 5.82. The van der Waals surface area contributed by atoms with Crippen molar-refractivity contribution in [3.05, 3.63) is 34.9 Å². The smallest absolute Gasteiger partial charge is 0.303 e. The van der Waals surface area contributed by atoms with Gasteiger partial charge >= 0.3 is 5.97 Å². The van der Waals surface area contributed by atoms with Crippen molar-refractivity contribution in [3.63, 3.8) is 0 Å². The molecule has 0 unspecified atom stereocenters. The Morgan fingerprint density at radius 2 is 1.67 bits per heavy atom. The predicted octanol–water partition coefficient (Wildman–Crippen LogP) is 4.83. The first-order valence-electron chi connectivity index (χ1n) is 8.08. The van der Waals surface area contributed by atoms with Crippen LogP contribution in [0, 0.1) is 0 Å². The zero-order valence-corrected chi connectivity index (χ0v) is 13.8. The molecule has 0 radical (unpaired) electrons. The van der Waals surface area contributed by atoms with E-state index in [2.05, 4.69) is 45.9 Å². The molecule has 2 rings (SSSR count). The van der Waals surface area contributed by atoms with Crippen LogP contribution in [0.4, 0.5) is 0 Å². The quantitative estimate of drug-likeness (QED) is 0.788. The summed E-state index contributed by atoms with van der Waals surface area (Å²) in [6, 6.07) is 6.92. The third kappa shape index (κ3) is 3.66. The van der Waals surface area contributed by atoms with E-state index in [1.807, 2.05) is 0 Å². The molecule has 21 heavy (non-hydrogen) atoms. The lowest BCUT2D eigenvalue weighted by atomic mass is 9.63. The van der Waals surface area contributed by atoms with Gasteiger partial charge in [-0.15, -0.1) is 0 Å². The normalized spacial score (nSPS) is 19.0. The number of carbonyl (C=O) groups is 1. The Hall–Kier alpha value is -1.31. The Labute approximate surface area is 128 Å². The summed E-state index contributed by atoms with van der Waals surface area (Å²) in [7, 11) is 0. The predicted molar refractivity (Wildman–Crippen MR) is 86.9 cm³/mol. The Morgan fingerprint density at radius 1 is 1.05 bits per heavy atom. The van der Waals surface area contributed by atoms with Crippen LogP contribution >= 0.6 is 0 Å². The third-order valence-electron chi connectivity index (χ3n) is 5.02. The van der Waals surface area contributed by atoms with E-state index in [0.717, 1.165) is 19.3 Å². The molecule has 0 saturated heterocycles. The lowest BCUT2D eigenvalue weighted by molar-refractivity contribution is -0.137. The maximum absolute atomic E-state index is 10.6. The van der Waals surface area contributed by atoms with Gasteiger partial charge in [-0.2, -0.15) is 0 Å². The molecule has 0 spiro atoms. The molecule has 1 aromatic carbocycles. The fourth-order valence-corrected chi connectivity index (χ4v) is 3.40. The minimum Gasteiger partial charge on any atom is -0.481 e. The summed E-state index contributed by atoms with van der Waals surface area (Å²) in [5.74, 6) is -0.691. The van der Waals surface area contributed by atoms with Crippen LogP contribution in [-0.4, -0.2) is 11.1 Å². The van der Waals surface area contributed by atoms with E-state index in [1.165, 1.54) is 29.5 Å². The van der Waals surface area contributed by atoms with E-state index in [4.69, 9.17) is 5.11 Å². The maximum atomic E-state index is 10.6. The number of rotatable bonds is 5. The van der Waals surface area contributed by atoms with Crippen LogP contribution in [0.25, 0.3) is 0 Å². The van der Waals surface area contributed by atoms with Crippen LogP contribution in [0.5, 0.6) is 0 Å². The van der Waals surface area contributed by atoms with Gasteiger partial charge in [0.2, 0.25) is 0 Å². The van der Waals surface area contributed by atoms with Crippen molar-refractivity contribution >= 4 is 5.97 Å². The summed E-state index contributed by atoms with van der Waals surface area (Å²) in [6.45, 7) is 9.37. The van der Waals surface area contributed by atoms with Crippen molar-refractivity contribution in [1.29, 1.82) is 0 Å². The molecule has 2 nitrogen and oxygen atoms in total. The first-order chi connectivity index (χ1) is 9.72. The molecule has 1 N–H and O–H groups in total. The number of fused-ring (bicyclic) bond motifs is 1. The number of hydrogen-bond donors (Lipinski definition) is 1. The van der Waals surface area contributed by atoms with Crippen LogP contribution < -0.4 is 0 Å². The molecule has 1 aliphatic rings. The Kier molecular flexibility index (Phi) is 4.46. The van der Waals surface area contributed by atoms with E-state index >= 15 is 0 Å². The molecular weight excluding hydrogens is 260 g/mol. The first-order valence-corrected chi connectivity index (χ1v) is 8.08. The lowest BCUT2D eigenvalue weighted by Crippen LogP contribution is -2.33. The SMILES string of the molecule is CC1(C)CCC(C)(C)c2cc(CCCCC(=O)O)ccc21. The Bertz CT molecular complexity index is 526. The molecule has 0 bridgehead atoms. The van der Waals surface area contributed by atoms with Gasteiger partial charge in [0.1, 0.15) is 0 Å². The van der Waals surface area contributed by atoms with Crippen LogP contribution in [0.15, 0.2) is 18.2 Å². The number of carboxylic acids is 1. The molecule has 0 aromatic heterocycles. The Balaban J connectivity index is 2.15. The van der Waals surface area contributed by atoms with Gasteiger partial charge in [0.05, 0.1) is 0 Å². The number of benzene rings is 1. The van der Waals surface area contributed by atoms with E-state index in [-0.39, 0.29) is 17.3 Å². The number of carboxylic acid groups (broad SMARTS) is 1. The van der Waals surface area contributed by atoms with Crippen molar-refractivity contribution in [2.75, 3.05) is 0 Å². The van der Waals surface area contributed by atoms with Crippen molar-refractivity contribution < 1.29 is 9.90 Å². The second-order valence-electron chi connectivity index (χ2n) is 7.75. The van der Waals surface area contributed by atoms with Gasteiger partial charge in [0, 0.05) is 6.42 Å². The van der Waals surface area contributed by atoms with Gasteiger partial charge in [0.25, 0.3) is 0 Å². The lowest BCUT2D eigenvalue weighted by Gasteiger charge is -2.42. The fraction of sp³-hybridized carbons (Fsp3) is 0.632. The Morgan fingerprint density at radius 3 is 2.29 bits per heavy atom. The average molecular weight is 288 g/mol. The van der Waals surface area contributed by atoms with Crippen molar-refractivity contribution in [1.82, 2.24) is 0 Å². The molecule has 0 aliphatic heterocycles. The highest BCUT2D eigenvalue weighted by molar-refractivity contribution is 5.66. The summed E-state index contributed by atoms with van der Waals surface area (Å²) >= 11 is 0. The third-order valence-corrected chi connectivity index (χ3v) is 5.02. The molecule has 0 amide bonds. The van der Waals surface area contributed by atoms with Gasteiger partial charge in [-0.3, -0.25) is 4.79 Å². The molecule has 0 saturated carbocycles. The molecule has 0 heterocycles.